The first-order chi connectivity index (χ1) is 9.02. The van der Waals surface area contributed by atoms with Crippen molar-refractivity contribution in [3.8, 4) is 0 Å². The molecule has 1 heterocycles. The number of hydrogen-bond donors (Lipinski definition) is 2. The van der Waals surface area contributed by atoms with E-state index in [4.69, 9.17) is 11.6 Å². The Kier molecular flexibility index (Phi) is 4.86. The van der Waals surface area contributed by atoms with Gasteiger partial charge in [0.2, 0.25) is 5.28 Å². The first kappa shape index (κ1) is 14.8. The molecule has 1 aromatic rings. The highest BCUT2D eigenvalue weighted by Crippen LogP contribution is 2.32. The van der Waals surface area contributed by atoms with Crippen LogP contribution in [0.1, 0.15) is 25.7 Å². The van der Waals surface area contributed by atoms with Crippen molar-refractivity contribution >= 4 is 29.2 Å². The maximum Gasteiger partial charge on any atom is 0.224 e. The average Bonchev–Trinajstić information content (AvgIpc) is 2.34. The van der Waals surface area contributed by atoms with Crippen LogP contribution in [0, 0.1) is 5.82 Å². The minimum absolute atomic E-state index is 0.00590. The summed E-state index contributed by atoms with van der Waals surface area (Å²) < 4.78 is 13.6. The number of hydrogen-bond acceptors (Lipinski definition) is 5. The van der Waals surface area contributed by atoms with Gasteiger partial charge in [0.25, 0.3) is 0 Å². The number of anilines is 1. The Morgan fingerprint density at radius 1 is 1.68 bits per heavy atom. The summed E-state index contributed by atoms with van der Waals surface area (Å²) in [6, 6.07) is 0.00590. The van der Waals surface area contributed by atoms with Crippen LogP contribution in [0.15, 0.2) is 6.20 Å². The predicted molar refractivity (Wildman–Crippen MR) is 76.2 cm³/mol. The van der Waals surface area contributed by atoms with Crippen LogP contribution in [-0.2, 0) is 0 Å². The van der Waals surface area contributed by atoms with Crippen LogP contribution >= 0.6 is 23.4 Å². The zero-order valence-electron chi connectivity index (χ0n) is 10.7. The zero-order valence-corrected chi connectivity index (χ0v) is 12.3. The molecule has 0 spiro atoms. The Hall–Kier alpha value is -0.590. The molecule has 2 atom stereocenters. The molecular weight excluding hydrogens is 289 g/mol. The molecule has 1 aliphatic rings. The van der Waals surface area contributed by atoms with E-state index in [2.05, 4.69) is 15.3 Å². The van der Waals surface area contributed by atoms with Crippen molar-refractivity contribution in [1.29, 1.82) is 0 Å². The van der Waals surface area contributed by atoms with Gasteiger partial charge in [0, 0.05) is 11.8 Å². The maximum atomic E-state index is 13.6. The van der Waals surface area contributed by atoms with E-state index in [-0.39, 0.29) is 17.1 Å². The van der Waals surface area contributed by atoms with Crippen molar-refractivity contribution in [2.24, 2.45) is 0 Å². The van der Waals surface area contributed by atoms with Gasteiger partial charge in [-0.15, -0.1) is 0 Å². The molecule has 0 aliphatic heterocycles. The topological polar surface area (TPSA) is 58.0 Å². The molecule has 0 radical (unpaired) electrons. The van der Waals surface area contributed by atoms with Crippen LogP contribution in [0.3, 0.4) is 0 Å². The summed E-state index contributed by atoms with van der Waals surface area (Å²) in [6.45, 7) is 0. The molecule has 0 aromatic carbocycles. The summed E-state index contributed by atoms with van der Waals surface area (Å²) >= 11 is 7.28. The molecule has 7 heteroatoms. The first-order valence-corrected chi connectivity index (χ1v) is 7.95. The van der Waals surface area contributed by atoms with Gasteiger partial charge in [-0.3, -0.25) is 0 Å². The number of thioether (sulfide) groups is 1. The number of nitrogens with zero attached hydrogens (tertiary/aromatic N) is 2. The highest BCUT2D eigenvalue weighted by molar-refractivity contribution is 7.98. The molecule has 4 nitrogen and oxygen atoms in total. The normalized spacial score (nSPS) is 27.3. The lowest BCUT2D eigenvalue weighted by Gasteiger charge is -2.37. The molecular formula is C12H17ClFN3OS. The van der Waals surface area contributed by atoms with Crippen LogP contribution in [0.25, 0.3) is 0 Å². The van der Waals surface area contributed by atoms with E-state index in [1.165, 1.54) is 0 Å². The number of halogens is 2. The van der Waals surface area contributed by atoms with Crippen LogP contribution in [0.5, 0.6) is 0 Å². The van der Waals surface area contributed by atoms with Crippen molar-refractivity contribution in [2.45, 2.75) is 37.3 Å². The van der Waals surface area contributed by atoms with Crippen molar-refractivity contribution < 1.29 is 9.50 Å². The highest BCUT2D eigenvalue weighted by Gasteiger charge is 2.34. The molecule has 1 aliphatic carbocycles. The number of rotatable bonds is 4. The van der Waals surface area contributed by atoms with Crippen molar-refractivity contribution in [2.75, 3.05) is 17.3 Å². The van der Waals surface area contributed by atoms with Gasteiger partial charge in [0.1, 0.15) is 0 Å². The summed E-state index contributed by atoms with van der Waals surface area (Å²) in [5, 5.41) is 13.5. The molecule has 1 saturated carbocycles. The number of aliphatic hydroxyl groups is 1. The molecule has 2 rings (SSSR count). The third kappa shape index (κ3) is 3.94. The van der Waals surface area contributed by atoms with E-state index in [1.54, 1.807) is 11.8 Å². The fourth-order valence-electron chi connectivity index (χ4n) is 2.50. The minimum atomic E-state index is -0.678. The predicted octanol–water partition coefficient (Wildman–Crippen LogP) is 2.72. The van der Waals surface area contributed by atoms with E-state index < -0.39 is 11.4 Å². The molecule has 0 amide bonds. The summed E-state index contributed by atoms with van der Waals surface area (Å²) in [6.07, 6.45) is 6.20. The lowest BCUT2D eigenvalue weighted by molar-refractivity contribution is 0.0229. The molecule has 0 bridgehead atoms. The quantitative estimate of drug-likeness (QED) is 0.838. The zero-order chi connectivity index (χ0) is 13.9. The molecule has 19 heavy (non-hydrogen) atoms. The molecule has 106 valence electrons. The van der Waals surface area contributed by atoms with Crippen molar-refractivity contribution in [1.82, 2.24) is 9.97 Å². The fraction of sp³-hybridized carbons (Fsp3) is 0.667. The van der Waals surface area contributed by atoms with Gasteiger partial charge in [-0.1, -0.05) is 0 Å². The monoisotopic (exact) mass is 305 g/mol. The smallest absolute Gasteiger partial charge is 0.224 e. The maximum absolute atomic E-state index is 13.6. The Bertz CT molecular complexity index is 447. The molecule has 1 aromatic heterocycles. The van der Waals surface area contributed by atoms with Crippen LogP contribution in [-0.4, -0.2) is 38.7 Å². The Balaban J connectivity index is 2.04. The van der Waals surface area contributed by atoms with E-state index in [0.29, 0.717) is 12.2 Å². The Morgan fingerprint density at radius 3 is 3.21 bits per heavy atom. The van der Waals surface area contributed by atoms with Gasteiger partial charge in [-0.2, -0.15) is 16.7 Å². The third-order valence-corrected chi connectivity index (χ3v) is 4.30. The molecule has 1 fully saturated rings. The minimum Gasteiger partial charge on any atom is -0.389 e. The van der Waals surface area contributed by atoms with Gasteiger partial charge >= 0.3 is 0 Å². The summed E-state index contributed by atoms with van der Waals surface area (Å²) in [7, 11) is 0. The van der Waals surface area contributed by atoms with Crippen LogP contribution < -0.4 is 5.32 Å². The van der Waals surface area contributed by atoms with Gasteiger partial charge in [0.05, 0.1) is 11.8 Å². The average molecular weight is 306 g/mol. The molecule has 0 saturated heterocycles. The number of aromatic nitrogens is 2. The fourth-order valence-corrected chi connectivity index (χ4v) is 3.44. The van der Waals surface area contributed by atoms with Crippen LogP contribution in [0.2, 0.25) is 5.28 Å². The van der Waals surface area contributed by atoms with Crippen molar-refractivity contribution in [3.63, 3.8) is 0 Å². The largest absolute Gasteiger partial charge is 0.389 e. The Morgan fingerprint density at radius 2 is 2.47 bits per heavy atom. The SMILES string of the molecule is CSC[C@]1(O)CCCC(Nc2nc(Cl)ncc2F)C1. The number of nitrogens with one attached hydrogen (secondary N) is 1. The Labute approximate surface area is 121 Å². The third-order valence-electron chi connectivity index (χ3n) is 3.29. The second kappa shape index (κ2) is 6.24. The second-order valence-electron chi connectivity index (χ2n) is 4.93. The highest BCUT2D eigenvalue weighted by atomic mass is 35.5. The van der Waals surface area contributed by atoms with E-state index in [1.807, 2.05) is 6.26 Å². The lowest BCUT2D eigenvalue weighted by Crippen LogP contribution is -2.42. The van der Waals surface area contributed by atoms with Gasteiger partial charge < -0.3 is 10.4 Å². The van der Waals surface area contributed by atoms with E-state index >= 15 is 0 Å². The van der Waals surface area contributed by atoms with Gasteiger partial charge in [-0.25, -0.2) is 9.37 Å². The standard InChI is InChI=1S/C12H17ClFN3OS/c1-19-7-12(18)4-2-3-8(5-12)16-10-9(14)6-15-11(13)17-10/h6,8,18H,2-5,7H2,1H3,(H,15,16,17)/t8?,12-/m0/s1. The summed E-state index contributed by atoms with van der Waals surface area (Å²) in [4.78, 5) is 7.42. The summed E-state index contributed by atoms with van der Waals surface area (Å²) in [5.74, 6) is 0.278. The van der Waals surface area contributed by atoms with Crippen molar-refractivity contribution in [3.05, 3.63) is 17.3 Å². The molecule has 2 N–H and O–H groups in total. The van der Waals surface area contributed by atoms with E-state index in [9.17, 15) is 9.50 Å². The lowest BCUT2D eigenvalue weighted by atomic mass is 9.83. The van der Waals surface area contributed by atoms with Gasteiger partial charge in [0.15, 0.2) is 11.6 Å². The van der Waals surface area contributed by atoms with Gasteiger partial charge in [-0.05, 0) is 43.5 Å². The van der Waals surface area contributed by atoms with E-state index in [0.717, 1.165) is 25.5 Å². The second-order valence-corrected chi connectivity index (χ2v) is 6.13. The molecule has 1 unspecified atom stereocenters. The van der Waals surface area contributed by atoms with Crippen LogP contribution in [0.4, 0.5) is 10.2 Å². The summed E-state index contributed by atoms with van der Waals surface area (Å²) in [5.41, 5.74) is -0.678. The first-order valence-electron chi connectivity index (χ1n) is 6.18.